The van der Waals surface area contributed by atoms with Crippen LogP contribution in [-0.2, 0) is 6.54 Å². The molecule has 114 valence electrons. The molecule has 0 aliphatic rings. The molecule has 1 N–H and O–H groups in total. The van der Waals surface area contributed by atoms with Crippen molar-refractivity contribution in [3.63, 3.8) is 0 Å². The lowest BCUT2D eigenvalue weighted by molar-refractivity contribution is 0.548. The number of hydrogen-bond acceptors (Lipinski definition) is 2. The largest absolute Gasteiger partial charge is 0.370 e. The predicted molar refractivity (Wildman–Crippen MR) is 90.8 cm³/mol. The van der Waals surface area contributed by atoms with Gasteiger partial charge in [0.1, 0.15) is 0 Å². The van der Waals surface area contributed by atoms with E-state index in [9.17, 15) is 0 Å². The normalized spacial score (nSPS) is 12.4. The van der Waals surface area contributed by atoms with Gasteiger partial charge in [0.2, 0.25) is 0 Å². The molecule has 2 nitrogen and oxygen atoms in total. The van der Waals surface area contributed by atoms with E-state index in [0.29, 0.717) is 5.92 Å². The summed E-state index contributed by atoms with van der Waals surface area (Å²) < 4.78 is 0. The second-order valence-corrected chi connectivity index (χ2v) is 5.92. The summed E-state index contributed by atoms with van der Waals surface area (Å²) in [5.41, 5.74) is 2.42. The molecule has 0 aromatic heterocycles. The molecule has 1 aromatic rings. The van der Waals surface area contributed by atoms with Crippen molar-refractivity contribution in [2.24, 2.45) is 5.92 Å². The van der Waals surface area contributed by atoms with E-state index in [1.165, 1.54) is 12.0 Å². The summed E-state index contributed by atoms with van der Waals surface area (Å²) in [5.74, 6) is 0.692. The zero-order valence-corrected chi connectivity index (χ0v) is 14.1. The molecule has 1 unspecified atom stereocenters. The molecular weight excluding hydrogens is 268 g/mol. The van der Waals surface area contributed by atoms with Gasteiger partial charge in [-0.2, -0.15) is 0 Å². The second kappa shape index (κ2) is 9.25. The minimum Gasteiger partial charge on any atom is -0.370 e. The summed E-state index contributed by atoms with van der Waals surface area (Å²) in [5, 5.41) is 4.28. The number of hydrogen-bond donors (Lipinski definition) is 1. The molecule has 1 atom stereocenters. The van der Waals surface area contributed by atoms with Crippen molar-refractivity contribution in [2.75, 3.05) is 24.5 Å². The number of nitrogens with zero attached hydrogens (tertiary/aromatic N) is 1. The van der Waals surface area contributed by atoms with Crippen molar-refractivity contribution in [3.8, 4) is 0 Å². The van der Waals surface area contributed by atoms with Gasteiger partial charge in [0.05, 0.1) is 10.7 Å². The fourth-order valence-electron chi connectivity index (χ4n) is 2.23. The number of anilines is 1. The summed E-state index contributed by atoms with van der Waals surface area (Å²) in [6, 6.07) is 6.44. The van der Waals surface area contributed by atoms with E-state index in [1.54, 1.807) is 0 Å². The molecule has 1 rings (SSSR count). The van der Waals surface area contributed by atoms with Crippen molar-refractivity contribution in [1.29, 1.82) is 0 Å². The smallest absolute Gasteiger partial charge is 0.0642 e. The highest BCUT2D eigenvalue weighted by Crippen LogP contribution is 2.27. The van der Waals surface area contributed by atoms with Crippen molar-refractivity contribution in [1.82, 2.24) is 5.32 Å². The van der Waals surface area contributed by atoms with Crippen LogP contribution in [-0.4, -0.2) is 19.6 Å². The number of rotatable bonds is 9. The van der Waals surface area contributed by atoms with Crippen LogP contribution < -0.4 is 10.2 Å². The van der Waals surface area contributed by atoms with Gasteiger partial charge < -0.3 is 10.2 Å². The Balaban J connectivity index is 2.74. The minimum atomic E-state index is 0.692. The summed E-state index contributed by atoms with van der Waals surface area (Å²) in [4.78, 5) is 2.37. The average molecular weight is 297 g/mol. The van der Waals surface area contributed by atoms with Gasteiger partial charge in [0.15, 0.2) is 0 Å². The molecular formula is C17H29ClN2. The maximum Gasteiger partial charge on any atom is 0.0642 e. The van der Waals surface area contributed by atoms with Gasteiger partial charge in [-0.05, 0) is 43.5 Å². The highest BCUT2D eigenvalue weighted by Gasteiger charge is 2.12. The molecule has 0 spiro atoms. The fraction of sp³-hybridized carbons (Fsp3) is 0.647. The lowest BCUT2D eigenvalue weighted by atomic mass is 10.1. The Bertz CT molecular complexity index is 393. The summed E-state index contributed by atoms with van der Waals surface area (Å²) >= 11 is 6.47. The van der Waals surface area contributed by atoms with Gasteiger partial charge in [-0.15, -0.1) is 0 Å². The number of halogens is 1. The zero-order valence-electron chi connectivity index (χ0n) is 13.4. The first kappa shape index (κ1) is 17.3. The predicted octanol–water partition coefficient (Wildman–Crippen LogP) is 4.71. The molecule has 0 amide bonds. The van der Waals surface area contributed by atoms with E-state index in [2.05, 4.69) is 56.1 Å². The molecule has 0 radical (unpaired) electrons. The first-order valence-electron chi connectivity index (χ1n) is 7.86. The Morgan fingerprint density at radius 2 is 2.00 bits per heavy atom. The topological polar surface area (TPSA) is 15.3 Å². The van der Waals surface area contributed by atoms with Crippen molar-refractivity contribution in [3.05, 3.63) is 28.8 Å². The fourth-order valence-corrected chi connectivity index (χ4v) is 2.55. The third-order valence-corrected chi connectivity index (χ3v) is 4.02. The Labute approximate surface area is 129 Å². The van der Waals surface area contributed by atoms with Gasteiger partial charge in [0, 0.05) is 19.6 Å². The maximum atomic E-state index is 6.47. The number of benzene rings is 1. The van der Waals surface area contributed by atoms with E-state index in [0.717, 1.165) is 43.3 Å². The standard InChI is InChI=1S/C17H29ClN2/c1-5-10-19-12-15-8-9-17(16(18)11-15)20(7-3)13-14(4)6-2/h8-9,11,14,19H,5-7,10,12-13H2,1-4H3. The summed E-state index contributed by atoms with van der Waals surface area (Å²) in [7, 11) is 0. The summed E-state index contributed by atoms with van der Waals surface area (Å²) in [6.07, 6.45) is 2.36. The van der Waals surface area contributed by atoms with Crippen molar-refractivity contribution < 1.29 is 0 Å². The van der Waals surface area contributed by atoms with Crippen LogP contribution in [0, 0.1) is 5.92 Å². The van der Waals surface area contributed by atoms with Crippen LogP contribution in [0.5, 0.6) is 0 Å². The highest BCUT2D eigenvalue weighted by molar-refractivity contribution is 6.33. The van der Waals surface area contributed by atoms with Crippen LogP contribution in [0.4, 0.5) is 5.69 Å². The Morgan fingerprint density at radius 3 is 2.55 bits per heavy atom. The van der Waals surface area contributed by atoms with Gasteiger partial charge >= 0.3 is 0 Å². The SMILES string of the molecule is CCCNCc1ccc(N(CC)CC(C)CC)c(Cl)c1. The van der Waals surface area contributed by atoms with Gasteiger partial charge in [-0.25, -0.2) is 0 Å². The second-order valence-electron chi connectivity index (χ2n) is 5.51. The Kier molecular flexibility index (Phi) is 8.01. The highest BCUT2D eigenvalue weighted by atomic mass is 35.5. The van der Waals surface area contributed by atoms with Crippen LogP contribution >= 0.6 is 11.6 Å². The van der Waals surface area contributed by atoms with E-state index < -0.39 is 0 Å². The molecule has 0 aliphatic heterocycles. The van der Waals surface area contributed by atoms with Crippen molar-refractivity contribution in [2.45, 2.75) is 47.1 Å². The molecule has 20 heavy (non-hydrogen) atoms. The van der Waals surface area contributed by atoms with Crippen LogP contribution in [0.3, 0.4) is 0 Å². The third-order valence-electron chi connectivity index (χ3n) is 3.72. The van der Waals surface area contributed by atoms with E-state index in [4.69, 9.17) is 11.6 Å². The minimum absolute atomic E-state index is 0.692. The van der Waals surface area contributed by atoms with E-state index in [1.807, 2.05) is 0 Å². The molecule has 3 heteroatoms. The Morgan fingerprint density at radius 1 is 1.25 bits per heavy atom. The average Bonchev–Trinajstić information content (AvgIpc) is 2.45. The quantitative estimate of drug-likeness (QED) is 0.664. The molecule has 1 aromatic carbocycles. The van der Waals surface area contributed by atoms with Crippen LogP contribution in [0.1, 0.15) is 46.1 Å². The lowest BCUT2D eigenvalue weighted by Gasteiger charge is -2.27. The van der Waals surface area contributed by atoms with Crippen LogP contribution in [0.2, 0.25) is 5.02 Å². The Hall–Kier alpha value is -0.730. The van der Waals surface area contributed by atoms with Crippen LogP contribution in [0.15, 0.2) is 18.2 Å². The lowest BCUT2D eigenvalue weighted by Crippen LogP contribution is -2.28. The van der Waals surface area contributed by atoms with Crippen molar-refractivity contribution >= 4 is 17.3 Å². The van der Waals surface area contributed by atoms with E-state index >= 15 is 0 Å². The molecule has 0 bridgehead atoms. The number of nitrogens with one attached hydrogen (secondary N) is 1. The molecule has 0 fully saturated rings. The monoisotopic (exact) mass is 296 g/mol. The van der Waals surface area contributed by atoms with Gasteiger partial charge in [-0.3, -0.25) is 0 Å². The van der Waals surface area contributed by atoms with Gasteiger partial charge in [0.25, 0.3) is 0 Å². The summed E-state index contributed by atoms with van der Waals surface area (Å²) in [6.45, 7) is 12.9. The molecule has 0 heterocycles. The molecule has 0 saturated heterocycles. The van der Waals surface area contributed by atoms with Gasteiger partial charge in [-0.1, -0.05) is 44.9 Å². The zero-order chi connectivity index (χ0) is 15.0. The maximum absolute atomic E-state index is 6.47. The van der Waals surface area contributed by atoms with Crippen LogP contribution in [0.25, 0.3) is 0 Å². The molecule has 0 saturated carbocycles. The molecule has 0 aliphatic carbocycles. The first-order chi connectivity index (χ1) is 9.62. The first-order valence-corrected chi connectivity index (χ1v) is 8.24. The van der Waals surface area contributed by atoms with E-state index in [-0.39, 0.29) is 0 Å². The third kappa shape index (κ3) is 5.34.